The van der Waals surface area contributed by atoms with Crippen LogP contribution in [0.25, 0.3) is 11.1 Å². The summed E-state index contributed by atoms with van der Waals surface area (Å²) in [5, 5.41) is 8.93. The average Bonchev–Trinajstić information content (AvgIpc) is 2.48. The Balaban J connectivity index is 2.36. The van der Waals surface area contributed by atoms with Crippen LogP contribution in [0.5, 0.6) is 5.75 Å². The minimum Gasteiger partial charge on any atom is -0.496 e. The Morgan fingerprint density at radius 2 is 1.90 bits per heavy atom. The molecule has 20 heavy (non-hydrogen) atoms. The molecule has 1 unspecified atom stereocenters. The molecule has 4 heteroatoms. The van der Waals surface area contributed by atoms with E-state index >= 15 is 0 Å². The zero-order chi connectivity index (χ0) is 14.5. The molecule has 0 fully saturated rings. The van der Waals surface area contributed by atoms with Gasteiger partial charge in [-0.1, -0.05) is 36.4 Å². The number of ether oxygens (including phenoxy) is 1. The summed E-state index contributed by atoms with van der Waals surface area (Å²) in [5.41, 5.74) is 8.48. The first-order valence-electron chi connectivity index (χ1n) is 6.32. The van der Waals surface area contributed by atoms with Gasteiger partial charge in [0.05, 0.1) is 7.11 Å². The van der Waals surface area contributed by atoms with Crippen molar-refractivity contribution in [2.45, 2.75) is 12.5 Å². The SMILES string of the molecule is COc1ccc(-c2ccccc2)cc1CC(N)C(=O)O. The molecule has 2 rings (SSSR count). The summed E-state index contributed by atoms with van der Waals surface area (Å²) < 4.78 is 5.27. The number of methoxy groups -OCH3 is 1. The van der Waals surface area contributed by atoms with Crippen LogP contribution >= 0.6 is 0 Å². The Morgan fingerprint density at radius 1 is 1.20 bits per heavy atom. The molecule has 0 aliphatic carbocycles. The Kier molecular flexibility index (Phi) is 4.38. The van der Waals surface area contributed by atoms with Crippen molar-refractivity contribution in [1.29, 1.82) is 0 Å². The Bertz CT molecular complexity index is 596. The highest BCUT2D eigenvalue weighted by molar-refractivity contribution is 5.74. The van der Waals surface area contributed by atoms with E-state index in [9.17, 15) is 4.79 Å². The lowest BCUT2D eigenvalue weighted by Gasteiger charge is -2.13. The van der Waals surface area contributed by atoms with Crippen LogP contribution in [0.1, 0.15) is 5.56 Å². The number of carbonyl (C=O) groups is 1. The lowest BCUT2D eigenvalue weighted by molar-refractivity contribution is -0.138. The number of nitrogens with two attached hydrogens (primary N) is 1. The lowest BCUT2D eigenvalue weighted by atomic mass is 9.99. The molecule has 2 aromatic rings. The van der Waals surface area contributed by atoms with Crippen LogP contribution in [0.2, 0.25) is 0 Å². The van der Waals surface area contributed by atoms with E-state index in [1.54, 1.807) is 7.11 Å². The Labute approximate surface area is 117 Å². The molecule has 1 atom stereocenters. The first-order valence-corrected chi connectivity index (χ1v) is 6.32. The van der Waals surface area contributed by atoms with Crippen molar-refractivity contribution in [3.8, 4) is 16.9 Å². The van der Waals surface area contributed by atoms with Gasteiger partial charge >= 0.3 is 5.97 Å². The number of benzene rings is 2. The molecule has 0 saturated carbocycles. The molecule has 0 amide bonds. The maximum Gasteiger partial charge on any atom is 0.320 e. The fourth-order valence-corrected chi connectivity index (χ4v) is 2.07. The molecule has 4 nitrogen and oxygen atoms in total. The second-order valence-electron chi connectivity index (χ2n) is 4.54. The van der Waals surface area contributed by atoms with E-state index in [1.165, 1.54) is 0 Å². The van der Waals surface area contributed by atoms with E-state index < -0.39 is 12.0 Å². The highest BCUT2D eigenvalue weighted by Crippen LogP contribution is 2.27. The van der Waals surface area contributed by atoms with Gasteiger partial charge < -0.3 is 15.6 Å². The quantitative estimate of drug-likeness (QED) is 0.875. The molecule has 0 aromatic heterocycles. The fourth-order valence-electron chi connectivity index (χ4n) is 2.07. The predicted octanol–water partition coefficient (Wildman–Crippen LogP) is 2.32. The number of carboxylic acids is 1. The van der Waals surface area contributed by atoms with Gasteiger partial charge in [0.25, 0.3) is 0 Å². The van der Waals surface area contributed by atoms with Crippen molar-refractivity contribution >= 4 is 5.97 Å². The standard InChI is InChI=1S/C16H17NO3/c1-20-15-8-7-12(11-5-3-2-4-6-11)9-13(15)10-14(17)16(18)19/h2-9,14H,10,17H2,1H3,(H,18,19). The van der Waals surface area contributed by atoms with Crippen LogP contribution in [0.15, 0.2) is 48.5 Å². The van der Waals surface area contributed by atoms with Crippen LogP contribution < -0.4 is 10.5 Å². The summed E-state index contributed by atoms with van der Waals surface area (Å²) >= 11 is 0. The fraction of sp³-hybridized carbons (Fsp3) is 0.188. The summed E-state index contributed by atoms with van der Waals surface area (Å²) in [6.07, 6.45) is 0.235. The number of rotatable bonds is 5. The van der Waals surface area contributed by atoms with E-state index in [0.29, 0.717) is 5.75 Å². The van der Waals surface area contributed by atoms with Gasteiger partial charge in [-0.15, -0.1) is 0 Å². The summed E-state index contributed by atoms with van der Waals surface area (Å²) in [6.45, 7) is 0. The zero-order valence-corrected chi connectivity index (χ0v) is 11.2. The molecule has 104 valence electrons. The van der Waals surface area contributed by atoms with Crippen LogP contribution in [-0.4, -0.2) is 24.2 Å². The van der Waals surface area contributed by atoms with Gasteiger partial charge in [-0.2, -0.15) is 0 Å². The second kappa shape index (κ2) is 6.21. The topological polar surface area (TPSA) is 72.5 Å². The minimum atomic E-state index is -1.02. The van der Waals surface area contributed by atoms with E-state index in [-0.39, 0.29) is 6.42 Å². The minimum absolute atomic E-state index is 0.235. The second-order valence-corrected chi connectivity index (χ2v) is 4.54. The van der Waals surface area contributed by atoms with E-state index in [2.05, 4.69) is 0 Å². The molecule has 0 bridgehead atoms. The van der Waals surface area contributed by atoms with E-state index in [0.717, 1.165) is 16.7 Å². The Hall–Kier alpha value is -2.33. The maximum absolute atomic E-state index is 10.9. The van der Waals surface area contributed by atoms with Crippen LogP contribution in [0.4, 0.5) is 0 Å². The van der Waals surface area contributed by atoms with Gasteiger partial charge in [-0.25, -0.2) is 0 Å². The molecule has 3 N–H and O–H groups in total. The number of carboxylic acid groups (broad SMARTS) is 1. The first-order chi connectivity index (χ1) is 9.61. The van der Waals surface area contributed by atoms with Crippen molar-refractivity contribution in [3.63, 3.8) is 0 Å². The molecule has 0 heterocycles. The molecule has 2 aromatic carbocycles. The number of aliphatic carboxylic acids is 1. The first kappa shape index (κ1) is 14.1. The molecule has 0 radical (unpaired) electrons. The largest absolute Gasteiger partial charge is 0.496 e. The van der Waals surface area contributed by atoms with E-state index in [1.807, 2.05) is 48.5 Å². The van der Waals surface area contributed by atoms with Crippen molar-refractivity contribution < 1.29 is 14.6 Å². The summed E-state index contributed by atoms with van der Waals surface area (Å²) in [4.78, 5) is 10.9. The molecular formula is C16H17NO3. The van der Waals surface area contributed by atoms with Gasteiger partial charge in [-0.3, -0.25) is 4.79 Å². The van der Waals surface area contributed by atoms with Gasteiger partial charge in [0.1, 0.15) is 11.8 Å². The van der Waals surface area contributed by atoms with Crippen molar-refractivity contribution in [2.75, 3.05) is 7.11 Å². The van der Waals surface area contributed by atoms with Crippen molar-refractivity contribution in [3.05, 3.63) is 54.1 Å². The highest BCUT2D eigenvalue weighted by atomic mass is 16.5. The smallest absolute Gasteiger partial charge is 0.320 e. The maximum atomic E-state index is 10.9. The van der Waals surface area contributed by atoms with Gasteiger partial charge in [0.15, 0.2) is 0 Å². The molecule has 0 saturated heterocycles. The summed E-state index contributed by atoms with van der Waals surface area (Å²) in [6, 6.07) is 14.7. The van der Waals surface area contributed by atoms with Crippen molar-refractivity contribution in [2.24, 2.45) is 5.73 Å². The van der Waals surface area contributed by atoms with Crippen LogP contribution in [-0.2, 0) is 11.2 Å². The normalized spacial score (nSPS) is 11.9. The number of hydrogen-bond acceptors (Lipinski definition) is 3. The molecule has 0 spiro atoms. The van der Waals surface area contributed by atoms with Crippen LogP contribution in [0, 0.1) is 0 Å². The summed E-state index contributed by atoms with van der Waals surface area (Å²) in [7, 11) is 1.56. The Morgan fingerprint density at radius 3 is 2.50 bits per heavy atom. The third-order valence-electron chi connectivity index (χ3n) is 3.14. The van der Waals surface area contributed by atoms with Gasteiger partial charge in [-0.05, 0) is 28.8 Å². The summed E-state index contributed by atoms with van der Waals surface area (Å²) in [5.74, 6) is -0.362. The monoisotopic (exact) mass is 271 g/mol. The third kappa shape index (κ3) is 3.16. The molecule has 0 aliphatic heterocycles. The van der Waals surface area contributed by atoms with Crippen LogP contribution in [0.3, 0.4) is 0 Å². The predicted molar refractivity (Wildman–Crippen MR) is 77.7 cm³/mol. The lowest BCUT2D eigenvalue weighted by Crippen LogP contribution is -2.32. The highest BCUT2D eigenvalue weighted by Gasteiger charge is 2.15. The zero-order valence-electron chi connectivity index (χ0n) is 11.2. The number of hydrogen-bond donors (Lipinski definition) is 2. The van der Waals surface area contributed by atoms with Crippen molar-refractivity contribution in [1.82, 2.24) is 0 Å². The molecular weight excluding hydrogens is 254 g/mol. The van der Waals surface area contributed by atoms with Gasteiger partial charge in [0.2, 0.25) is 0 Å². The van der Waals surface area contributed by atoms with E-state index in [4.69, 9.17) is 15.6 Å². The third-order valence-corrected chi connectivity index (χ3v) is 3.14. The average molecular weight is 271 g/mol. The molecule has 0 aliphatic rings. The van der Waals surface area contributed by atoms with Gasteiger partial charge in [0, 0.05) is 6.42 Å².